The molecule has 2 bridgehead atoms. The van der Waals surface area contributed by atoms with Crippen LogP contribution in [0.5, 0.6) is 0 Å². The zero-order valence-electron chi connectivity index (χ0n) is 27.5. The van der Waals surface area contributed by atoms with E-state index in [9.17, 15) is 44.7 Å². The number of hydrogen-bond acceptors (Lipinski definition) is 14. The molecule has 0 aromatic heterocycles. The summed E-state index contributed by atoms with van der Waals surface area (Å²) in [6.45, 7) is 6.16. The van der Waals surface area contributed by atoms with Gasteiger partial charge in [-0.1, -0.05) is 13.0 Å². The maximum atomic E-state index is 14.1. The summed E-state index contributed by atoms with van der Waals surface area (Å²) in [5.41, 5.74) is -14.5. The molecule has 16 heteroatoms. The number of carboxylic acids is 2. The lowest BCUT2D eigenvalue weighted by molar-refractivity contribution is -0.333. The van der Waals surface area contributed by atoms with Gasteiger partial charge in [-0.15, -0.1) is 0 Å². The van der Waals surface area contributed by atoms with Gasteiger partial charge in [0.25, 0.3) is 0 Å². The minimum absolute atomic E-state index is 0.156. The van der Waals surface area contributed by atoms with Crippen molar-refractivity contribution >= 4 is 23.9 Å². The Hall–Kier alpha value is -3.12. The molecule has 4 saturated heterocycles. The summed E-state index contributed by atoms with van der Waals surface area (Å²) in [5, 5.41) is 60.0. The van der Waals surface area contributed by atoms with E-state index in [0.29, 0.717) is 0 Å². The Morgan fingerprint density at radius 2 is 1.73 bits per heavy atom. The molecule has 3 saturated carbocycles. The smallest absolute Gasteiger partial charge is 0.340 e. The van der Waals surface area contributed by atoms with Crippen molar-refractivity contribution in [2.24, 2.45) is 34.5 Å². The summed E-state index contributed by atoms with van der Waals surface area (Å²) in [6, 6.07) is 0. The number of epoxide rings is 1. The van der Waals surface area contributed by atoms with Crippen molar-refractivity contribution in [1.82, 2.24) is 0 Å². The van der Waals surface area contributed by atoms with E-state index >= 15 is 0 Å². The van der Waals surface area contributed by atoms with E-state index < -0.39 is 137 Å². The highest BCUT2D eigenvalue weighted by Gasteiger charge is 2.98. The summed E-state index contributed by atoms with van der Waals surface area (Å²) >= 11 is 0. The van der Waals surface area contributed by atoms with Crippen LogP contribution in [-0.2, 0) is 52.3 Å². The second kappa shape index (κ2) is 9.60. The Balaban J connectivity index is 1.36. The fourth-order valence-electron chi connectivity index (χ4n) is 11.9. The summed E-state index contributed by atoms with van der Waals surface area (Å²) in [4.78, 5) is 53.0. The summed E-state index contributed by atoms with van der Waals surface area (Å²) < 4.78 is 41.9. The first-order chi connectivity index (χ1) is 22.9. The number of esters is 2. The Labute approximate surface area is 279 Å². The van der Waals surface area contributed by atoms with E-state index in [2.05, 4.69) is 0 Å². The number of ether oxygens (including phenoxy) is 7. The molecule has 16 atom stereocenters. The van der Waals surface area contributed by atoms with Crippen molar-refractivity contribution in [3.8, 4) is 0 Å². The Kier molecular flexibility index (Phi) is 6.47. The van der Waals surface area contributed by atoms with Gasteiger partial charge in [-0.05, 0) is 39.7 Å². The molecule has 5 N–H and O–H groups in total. The fourth-order valence-corrected chi connectivity index (χ4v) is 11.9. The normalized spacial score (nSPS) is 55.8. The molecule has 1 spiro atoms. The van der Waals surface area contributed by atoms with Crippen LogP contribution in [0.1, 0.15) is 47.5 Å². The zero-order chi connectivity index (χ0) is 35.5. The highest BCUT2D eigenvalue weighted by molar-refractivity contribution is 5.88. The van der Waals surface area contributed by atoms with Gasteiger partial charge < -0.3 is 58.7 Å². The summed E-state index contributed by atoms with van der Waals surface area (Å²) in [5.74, 6) is -9.83. The minimum Gasteiger partial charge on any atom is -0.479 e. The second-order valence-corrected chi connectivity index (χ2v) is 15.3. The molecule has 0 radical (unpaired) electrons. The molecule has 0 amide bonds. The van der Waals surface area contributed by atoms with E-state index in [4.69, 9.17) is 33.2 Å². The monoisotopic (exact) mass is 692 g/mol. The first-order valence-corrected chi connectivity index (χ1v) is 16.4. The lowest BCUT2D eigenvalue weighted by Gasteiger charge is -2.68. The number of hydrogen-bond donors (Lipinski definition) is 5. The molecule has 3 aliphatic carbocycles. The average molecular weight is 693 g/mol. The number of aliphatic hydroxyl groups is 3. The van der Waals surface area contributed by atoms with Gasteiger partial charge in [-0.2, -0.15) is 0 Å². The third kappa shape index (κ3) is 3.23. The van der Waals surface area contributed by atoms with Gasteiger partial charge in [-0.3, -0.25) is 4.79 Å². The van der Waals surface area contributed by atoms with E-state index in [0.717, 1.165) is 6.92 Å². The summed E-state index contributed by atoms with van der Waals surface area (Å²) in [6.07, 6.45) is -3.11. The van der Waals surface area contributed by atoms with E-state index in [-0.39, 0.29) is 12.0 Å². The van der Waals surface area contributed by atoms with Gasteiger partial charge in [-0.25, -0.2) is 14.4 Å². The number of aliphatic carboxylic acids is 2. The third-order valence-corrected chi connectivity index (χ3v) is 13.9. The van der Waals surface area contributed by atoms with Crippen LogP contribution in [0, 0.1) is 34.5 Å². The van der Waals surface area contributed by atoms with Crippen molar-refractivity contribution in [3.63, 3.8) is 0 Å². The van der Waals surface area contributed by atoms with E-state index in [1.165, 1.54) is 32.3 Å². The van der Waals surface area contributed by atoms with Crippen molar-refractivity contribution in [1.29, 1.82) is 0 Å². The minimum atomic E-state index is -3.11. The van der Waals surface area contributed by atoms with Gasteiger partial charge >= 0.3 is 23.9 Å². The van der Waals surface area contributed by atoms with Gasteiger partial charge in [0, 0.05) is 41.6 Å². The van der Waals surface area contributed by atoms with E-state index in [1.54, 1.807) is 13.8 Å². The lowest BCUT2D eigenvalue weighted by atomic mass is 9.35. The molecule has 8 aliphatic rings. The number of carbonyl (C=O) groups is 4. The highest BCUT2D eigenvalue weighted by Crippen LogP contribution is 2.82. The molecule has 5 heterocycles. The molecule has 16 nitrogen and oxygen atoms in total. The van der Waals surface area contributed by atoms with Crippen LogP contribution < -0.4 is 0 Å². The maximum absolute atomic E-state index is 14.1. The average Bonchev–Trinajstić information content (AvgIpc) is 3.44. The van der Waals surface area contributed by atoms with Gasteiger partial charge in [0.05, 0.1) is 37.1 Å². The molecule has 8 rings (SSSR count). The van der Waals surface area contributed by atoms with Gasteiger partial charge in [0.2, 0.25) is 18.2 Å². The van der Waals surface area contributed by atoms with Crippen molar-refractivity contribution < 1.29 is 77.9 Å². The fraction of sp³-hybridized carbons (Fsp3) is 0.758. The standard InChI is InChI=1S/C33H40O16/c1-6-13(2)22(36)48-23-16-9-18(46-14(3)34)31(24(37)38)20-15(11-45-31)21(35)27(4,32(42,25(39)40)29(16,20)12-44-23)33-19-10-17(28(33,5)49-33)30(41)7-8-43-26(30)47-19/h6-8,15-21,23,26,35,41-42H,9-12H2,1-5H3,(H,37,38)(H,39,40)/b13-6+/t15-,16+,17+,18+,19-,20+,21-,23-,26-,27-,28-,29+,30-,31+,32+,33-/m0/s1. The van der Waals surface area contributed by atoms with Crippen LogP contribution in [0.3, 0.4) is 0 Å². The zero-order valence-corrected chi connectivity index (χ0v) is 27.5. The van der Waals surface area contributed by atoms with Crippen molar-refractivity contribution in [2.75, 3.05) is 13.2 Å². The molecule has 268 valence electrons. The first-order valence-electron chi connectivity index (χ1n) is 16.4. The van der Waals surface area contributed by atoms with Crippen molar-refractivity contribution in [3.05, 3.63) is 24.0 Å². The van der Waals surface area contributed by atoms with Crippen LogP contribution in [0.15, 0.2) is 24.0 Å². The maximum Gasteiger partial charge on any atom is 0.340 e. The van der Waals surface area contributed by atoms with Crippen LogP contribution in [0.2, 0.25) is 0 Å². The van der Waals surface area contributed by atoms with Crippen LogP contribution >= 0.6 is 0 Å². The number of carbonyl (C=O) groups excluding carboxylic acids is 2. The number of rotatable bonds is 6. The predicted molar refractivity (Wildman–Crippen MR) is 156 cm³/mol. The summed E-state index contributed by atoms with van der Waals surface area (Å²) in [7, 11) is 0. The number of aliphatic hydroxyl groups excluding tert-OH is 1. The number of allylic oxidation sites excluding steroid dienone is 1. The third-order valence-electron chi connectivity index (χ3n) is 13.9. The predicted octanol–water partition coefficient (Wildman–Crippen LogP) is -0.380. The Bertz CT molecular complexity index is 1630. The molecule has 0 aromatic carbocycles. The second-order valence-electron chi connectivity index (χ2n) is 15.3. The molecule has 7 fully saturated rings. The molecule has 49 heavy (non-hydrogen) atoms. The van der Waals surface area contributed by atoms with Crippen LogP contribution in [0.4, 0.5) is 0 Å². The Morgan fingerprint density at radius 3 is 2.37 bits per heavy atom. The largest absolute Gasteiger partial charge is 0.479 e. The van der Waals surface area contributed by atoms with Gasteiger partial charge in [0.1, 0.15) is 17.3 Å². The van der Waals surface area contributed by atoms with Crippen molar-refractivity contribution in [2.45, 2.75) is 106 Å². The first kappa shape index (κ1) is 33.0. The SMILES string of the molecule is C/C=C(\C)C(=O)O[C@@H]1OC[C@@]23[C@@H]1C[C@@H](OC(C)=O)[C@@]1(C(=O)O)OC[C@@H]([C@@H]12)[C@H](O)[C@](C)([C@]12O[C@@]1(C)[C@H]1C[C@@H]2O[C@@H]2OC=C[C@@]21O)[C@]3(O)C(=O)O. The molecular formula is C33H40O16. The van der Waals surface area contributed by atoms with Gasteiger partial charge in [0.15, 0.2) is 11.2 Å². The quantitative estimate of drug-likeness (QED) is 0.135. The topological polar surface area (TPSA) is 237 Å². The van der Waals surface area contributed by atoms with Crippen LogP contribution in [-0.4, -0.2) is 122 Å². The lowest BCUT2D eigenvalue weighted by Crippen LogP contribution is -2.85. The highest BCUT2D eigenvalue weighted by atomic mass is 16.7. The van der Waals surface area contributed by atoms with E-state index in [1.807, 2.05) is 0 Å². The number of carboxylic acid groups (broad SMARTS) is 2. The Morgan fingerprint density at radius 1 is 1.02 bits per heavy atom. The molecular weight excluding hydrogens is 652 g/mol. The molecule has 0 aromatic rings. The number of fused-ring (bicyclic) bond motifs is 7. The molecule has 5 aliphatic heterocycles. The molecule has 0 unspecified atom stereocenters. The van der Waals surface area contributed by atoms with Crippen LogP contribution in [0.25, 0.3) is 0 Å².